The van der Waals surface area contributed by atoms with Crippen LogP contribution in [0.1, 0.15) is 0 Å². The van der Waals surface area contributed by atoms with Gasteiger partial charge < -0.3 is 9.47 Å². The van der Waals surface area contributed by atoms with Crippen LogP contribution in [-0.4, -0.2) is 32.8 Å². The molecular weight excluding hydrogens is 318 g/mol. The first-order valence-corrected chi connectivity index (χ1v) is 8.20. The number of ether oxygens (including phenoxy) is 2. The van der Waals surface area contributed by atoms with Crippen LogP contribution < -0.4 is 14.2 Å². The average Bonchev–Trinajstić information content (AvgIpc) is 3.03. The van der Waals surface area contributed by atoms with Crippen molar-refractivity contribution in [2.75, 3.05) is 18.9 Å². The van der Waals surface area contributed by atoms with E-state index in [1.165, 1.54) is 20.3 Å². The van der Waals surface area contributed by atoms with Crippen LogP contribution in [0.15, 0.2) is 47.5 Å². The summed E-state index contributed by atoms with van der Waals surface area (Å²) in [6.07, 6.45) is 1.62. The third kappa shape index (κ3) is 2.80. The predicted molar refractivity (Wildman–Crippen MR) is 86.4 cm³/mol. The van der Waals surface area contributed by atoms with Gasteiger partial charge in [-0.3, -0.25) is 9.82 Å². The molecule has 3 rings (SSSR count). The zero-order valence-electron chi connectivity index (χ0n) is 12.5. The second-order valence-corrected chi connectivity index (χ2v) is 6.41. The van der Waals surface area contributed by atoms with E-state index in [1.807, 2.05) is 6.07 Å². The lowest BCUT2D eigenvalue weighted by Crippen LogP contribution is -2.14. The Morgan fingerprint density at radius 3 is 2.70 bits per heavy atom. The number of aromatic nitrogens is 2. The summed E-state index contributed by atoms with van der Waals surface area (Å²) in [5, 5.41) is 7.51. The van der Waals surface area contributed by atoms with Crippen LogP contribution in [0.2, 0.25) is 0 Å². The van der Waals surface area contributed by atoms with Gasteiger partial charge in [0.25, 0.3) is 10.0 Å². The Hall–Kier alpha value is -2.74. The number of hydrogen-bond donors (Lipinski definition) is 2. The van der Waals surface area contributed by atoms with Crippen molar-refractivity contribution in [1.82, 2.24) is 10.2 Å². The first kappa shape index (κ1) is 15.2. The number of H-pyrrole nitrogens is 1. The van der Waals surface area contributed by atoms with Crippen LogP contribution in [-0.2, 0) is 10.0 Å². The van der Waals surface area contributed by atoms with E-state index in [4.69, 9.17) is 9.47 Å². The number of aromatic amines is 1. The quantitative estimate of drug-likeness (QED) is 0.748. The third-order valence-corrected chi connectivity index (χ3v) is 4.77. The highest BCUT2D eigenvalue weighted by Gasteiger charge is 2.21. The number of fused-ring (bicyclic) bond motifs is 1. The van der Waals surface area contributed by atoms with Gasteiger partial charge in [-0.25, -0.2) is 8.42 Å². The van der Waals surface area contributed by atoms with Crippen LogP contribution in [0.5, 0.6) is 11.5 Å². The van der Waals surface area contributed by atoms with Gasteiger partial charge in [0.15, 0.2) is 0 Å². The van der Waals surface area contributed by atoms with Crippen molar-refractivity contribution >= 4 is 26.6 Å². The smallest absolute Gasteiger partial charge is 0.265 e. The first-order valence-electron chi connectivity index (χ1n) is 6.72. The van der Waals surface area contributed by atoms with Crippen molar-refractivity contribution < 1.29 is 17.9 Å². The molecule has 0 unspecified atom stereocenters. The molecule has 2 N–H and O–H groups in total. The summed E-state index contributed by atoms with van der Waals surface area (Å²) in [5.74, 6) is 0.654. The van der Waals surface area contributed by atoms with E-state index in [1.54, 1.807) is 30.5 Å². The minimum absolute atomic E-state index is 0.00383. The van der Waals surface area contributed by atoms with Crippen LogP contribution in [0.3, 0.4) is 0 Å². The number of sulfonamides is 1. The number of benzene rings is 2. The van der Waals surface area contributed by atoms with Gasteiger partial charge in [0, 0.05) is 11.5 Å². The molecule has 8 heteroatoms. The zero-order chi connectivity index (χ0) is 16.4. The molecule has 0 aliphatic carbocycles. The largest absolute Gasteiger partial charge is 0.497 e. The first-order chi connectivity index (χ1) is 11.0. The molecule has 0 aliphatic heterocycles. The van der Waals surface area contributed by atoms with E-state index in [0.717, 1.165) is 5.39 Å². The Morgan fingerprint density at radius 2 is 1.96 bits per heavy atom. The molecule has 23 heavy (non-hydrogen) atoms. The molecule has 0 spiro atoms. The molecule has 120 valence electrons. The van der Waals surface area contributed by atoms with E-state index in [-0.39, 0.29) is 10.6 Å². The molecule has 0 bridgehead atoms. The summed E-state index contributed by atoms with van der Waals surface area (Å²) < 4.78 is 38.3. The van der Waals surface area contributed by atoms with Gasteiger partial charge in [0.2, 0.25) is 0 Å². The second-order valence-electron chi connectivity index (χ2n) is 4.76. The van der Waals surface area contributed by atoms with Gasteiger partial charge >= 0.3 is 0 Å². The molecule has 0 fully saturated rings. The monoisotopic (exact) mass is 333 g/mol. The van der Waals surface area contributed by atoms with Crippen LogP contribution >= 0.6 is 0 Å². The van der Waals surface area contributed by atoms with E-state index in [9.17, 15) is 8.42 Å². The highest BCUT2D eigenvalue weighted by atomic mass is 32.2. The topological polar surface area (TPSA) is 93.3 Å². The van der Waals surface area contributed by atoms with E-state index in [2.05, 4.69) is 14.9 Å². The summed E-state index contributed by atoms with van der Waals surface area (Å²) in [4.78, 5) is -0.00383. The number of methoxy groups -OCH3 is 2. The Balaban J connectivity index is 2.07. The maximum atomic E-state index is 12.7. The molecule has 0 saturated carbocycles. The van der Waals surface area contributed by atoms with Crippen LogP contribution in [0.25, 0.3) is 10.9 Å². The van der Waals surface area contributed by atoms with Crippen molar-refractivity contribution in [3.8, 4) is 11.5 Å². The number of hydrogen-bond acceptors (Lipinski definition) is 5. The second kappa shape index (κ2) is 5.81. The number of anilines is 1. The summed E-state index contributed by atoms with van der Waals surface area (Å²) >= 11 is 0. The molecule has 1 aromatic heterocycles. The van der Waals surface area contributed by atoms with Crippen molar-refractivity contribution in [3.63, 3.8) is 0 Å². The highest BCUT2D eigenvalue weighted by molar-refractivity contribution is 7.92. The lowest BCUT2D eigenvalue weighted by molar-refractivity contribution is 0.392. The number of para-hydroxylation sites is 1. The van der Waals surface area contributed by atoms with Gasteiger partial charge in [-0.15, -0.1) is 0 Å². The van der Waals surface area contributed by atoms with Gasteiger partial charge in [-0.1, -0.05) is 12.1 Å². The Kier molecular flexibility index (Phi) is 3.83. The van der Waals surface area contributed by atoms with Crippen LogP contribution in [0, 0.1) is 0 Å². The Morgan fingerprint density at radius 1 is 1.13 bits per heavy atom. The molecule has 0 amide bonds. The summed E-state index contributed by atoms with van der Waals surface area (Å²) in [6.45, 7) is 0. The standard InChI is InChI=1S/C15H15N3O4S/c1-21-11-6-7-13(22-2)14(8-11)23(19,20)18-12-5-3-4-10-9-16-17-15(10)12/h3-9,18H,1-2H3,(H,16,17). The van der Waals surface area contributed by atoms with Gasteiger partial charge in [0.1, 0.15) is 16.4 Å². The van der Waals surface area contributed by atoms with Crippen molar-refractivity contribution in [2.24, 2.45) is 0 Å². The normalized spacial score (nSPS) is 11.4. The Labute approximate surface area is 133 Å². The van der Waals surface area contributed by atoms with Crippen molar-refractivity contribution in [3.05, 3.63) is 42.6 Å². The van der Waals surface area contributed by atoms with Gasteiger partial charge in [-0.05, 0) is 18.2 Å². The molecule has 0 radical (unpaired) electrons. The summed E-state index contributed by atoms with van der Waals surface area (Å²) in [7, 11) is -0.978. The van der Waals surface area contributed by atoms with Gasteiger partial charge in [-0.2, -0.15) is 5.10 Å². The molecule has 0 aliphatic rings. The SMILES string of the molecule is COc1ccc(OC)c(S(=O)(=O)Nc2cccc3cn[nH]c23)c1. The molecule has 2 aromatic carbocycles. The fourth-order valence-corrected chi connectivity index (χ4v) is 3.50. The lowest BCUT2D eigenvalue weighted by Gasteiger charge is -2.13. The van der Waals surface area contributed by atoms with E-state index in [0.29, 0.717) is 17.0 Å². The van der Waals surface area contributed by atoms with Crippen molar-refractivity contribution in [2.45, 2.75) is 4.90 Å². The molecule has 0 atom stereocenters. The molecule has 7 nitrogen and oxygen atoms in total. The number of nitrogens with zero attached hydrogens (tertiary/aromatic N) is 1. The number of rotatable bonds is 5. The van der Waals surface area contributed by atoms with Crippen molar-refractivity contribution in [1.29, 1.82) is 0 Å². The maximum Gasteiger partial charge on any atom is 0.265 e. The number of nitrogens with one attached hydrogen (secondary N) is 2. The van der Waals surface area contributed by atoms with E-state index >= 15 is 0 Å². The van der Waals surface area contributed by atoms with Gasteiger partial charge in [0.05, 0.1) is 31.6 Å². The Bertz CT molecular complexity index is 950. The summed E-state index contributed by atoms with van der Waals surface area (Å²) in [5.41, 5.74) is 1.02. The fourth-order valence-electron chi connectivity index (χ4n) is 2.25. The molecule has 0 saturated heterocycles. The predicted octanol–water partition coefficient (Wildman–Crippen LogP) is 2.38. The molecular formula is C15H15N3O4S. The minimum Gasteiger partial charge on any atom is -0.497 e. The van der Waals surface area contributed by atoms with Crippen LogP contribution in [0.4, 0.5) is 5.69 Å². The molecule has 3 aromatic rings. The minimum atomic E-state index is -3.86. The third-order valence-electron chi connectivity index (χ3n) is 3.38. The maximum absolute atomic E-state index is 12.7. The summed E-state index contributed by atoms with van der Waals surface area (Å²) in [6, 6.07) is 9.83. The average molecular weight is 333 g/mol. The lowest BCUT2D eigenvalue weighted by atomic mass is 10.2. The van der Waals surface area contributed by atoms with E-state index < -0.39 is 10.0 Å². The molecule has 1 heterocycles. The zero-order valence-corrected chi connectivity index (χ0v) is 13.3. The fraction of sp³-hybridized carbons (Fsp3) is 0.133. The highest BCUT2D eigenvalue weighted by Crippen LogP contribution is 2.31.